The van der Waals surface area contributed by atoms with E-state index in [1.54, 1.807) is 0 Å². The molecule has 0 unspecified atom stereocenters. The zero-order valence-corrected chi connectivity index (χ0v) is 8.44. The second-order valence-electron chi connectivity index (χ2n) is 3.02. The first-order chi connectivity index (χ1) is 6.31. The summed E-state index contributed by atoms with van der Waals surface area (Å²) in [6, 6.07) is 0. The quantitative estimate of drug-likeness (QED) is 0.463. The van der Waals surface area contributed by atoms with Gasteiger partial charge in [0.2, 0.25) is 5.91 Å². The molecule has 1 amide bonds. The minimum atomic E-state index is 0.0745. The van der Waals surface area contributed by atoms with Gasteiger partial charge in [-0.2, -0.15) is 0 Å². The molecule has 0 fully saturated rings. The molecule has 0 aromatic heterocycles. The van der Waals surface area contributed by atoms with Crippen molar-refractivity contribution in [2.75, 3.05) is 26.2 Å². The van der Waals surface area contributed by atoms with Gasteiger partial charge in [-0.05, 0) is 32.4 Å². The lowest BCUT2D eigenvalue weighted by molar-refractivity contribution is -0.120. The number of hydrogen-bond donors (Lipinski definition) is 3. The first-order valence-electron chi connectivity index (χ1n) is 4.98. The van der Waals surface area contributed by atoms with E-state index < -0.39 is 0 Å². The van der Waals surface area contributed by atoms with Crippen LogP contribution in [0.4, 0.5) is 0 Å². The standard InChI is InChI=1S/C9H21N3O/c1-2-6-11-8-9(13)12-7-4-3-5-10/h11H,2-8,10H2,1H3,(H,12,13). The van der Waals surface area contributed by atoms with Crippen LogP contribution >= 0.6 is 0 Å². The maximum absolute atomic E-state index is 11.1. The molecule has 0 saturated carbocycles. The van der Waals surface area contributed by atoms with E-state index in [0.717, 1.165) is 32.4 Å². The second-order valence-corrected chi connectivity index (χ2v) is 3.02. The fraction of sp³-hybridized carbons (Fsp3) is 0.889. The molecule has 4 N–H and O–H groups in total. The van der Waals surface area contributed by atoms with Crippen molar-refractivity contribution < 1.29 is 4.79 Å². The van der Waals surface area contributed by atoms with Crippen LogP contribution in [0.25, 0.3) is 0 Å². The molecule has 0 bridgehead atoms. The fourth-order valence-electron chi connectivity index (χ4n) is 0.938. The second kappa shape index (κ2) is 9.48. The Morgan fingerprint density at radius 3 is 2.69 bits per heavy atom. The summed E-state index contributed by atoms with van der Waals surface area (Å²) in [5, 5.41) is 5.86. The molecule has 0 rings (SSSR count). The molecule has 4 heteroatoms. The third-order valence-corrected chi connectivity index (χ3v) is 1.67. The van der Waals surface area contributed by atoms with Gasteiger partial charge in [0.1, 0.15) is 0 Å². The van der Waals surface area contributed by atoms with Gasteiger partial charge < -0.3 is 16.4 Å². The van der Waals surface area contributed by atoms with Crippen molar-refractivity contribution in [3.8, 4) is 0 Å². The molecule has 78 valence electrons. The van der Waals surface area contributed by atoms with Crippen LogP contribution < -0.4 is 16.4 Å². The summed E-state index contributed by atoms with van der Waals surface area (Å²) in [4.78, 5) is 11.1. The maximum Gasteiger partial charge on any atom is 0.233 e. The Hall–Kier alpha value is -0.610. The lowest BCUT2D eigenvalue weighted by Crippen LogP contribution is -2.34. The summed E-state index contributed by atoms with van der Waals surface area (Å²) < 4.78 is 0. The van der Waals surface area contributed by atoms with Crippen LogP contribution in [0, 0.1) is 0 Å². The summed E-state index contributed by atoms with van der Waals surface area (Å²) in [6.45, 7) is 4.84. The van der Waals surface area contributed by atoms with Gasteiger partial charge in [-0.15, -0.1) is 0 Å². The Labute approximate surface area is 80.3 Å². The average molecular weight is 187 g/mol. The first kappa shape index (κ1) is 12.4. The van der Waals surface area contributed by atoms with E-state index in [9.17, 15) is 4.79 Å². The topological polar surface area (TPSA) is 67.2 Å². The fourth-order valence-corrected chi connectivity index (χ4v) is 0.938. The minimum Gasteiger partial charge on any atom is -0.355 e. The molecule has 0 aromatic rings. The van der Waals surface area contributed by atoms with Crippen LogP contribution in [0.5, 0.6) is 0 Å². The first-order valence-corrected chi connectivity index (χ1v) is 4.98. The van der Waals surface area contributed by atoms with Crippen LogP contribution in [0.3, 0.4) is 0 Å². The zero-order chi connectivity index (χ0) is 9.94. The van der Waals surface area contributed by atoms with Gasteiger partial charge in [-0.25, -0.2) is 0 Å². The number of carbonyl (C=O) groups is 1. The Morgan fingerprint density at radius 2 is 2.08 bits per heavy atom. The van der Waals surface area contributed by atoms with Crippen LogP contribution in [-0.2, 0) is 4.79 Å². The molecule has 0 aliphatic carbocycles. The summed E-state index contributed by atoms with van der Waals surface area (Å²) in [5.41, 5.74) is 5.32. The maximum atomic E-state index is 11.1. The van der Waals surface area contributed by atoms with Crippen molar-refractivity contribution in [3.05, 3.63) is 0 Å². The SMILES string of the molecule is CCCNCC(=O)NCCCCN. The Bertz CT molecular complexity index is 128. The van der Waals surface area contributed by atoms with E-state index in [4.69, 9.17) is 5.73 Å². The van der Waals surface area contributed by atoms with E-state index in [1.165, 1.54) is 0 Å². The lowest BCUT2D eigenvalue weighted by atomic mass is 10.3. The molecular weight excluding hydrogens is 166 g/mol. The van der Waals surface area contributed by atoms with Gasteiger partial charge in [0, 0.05) is 6.54 Å². The largest absolute Gasteiger partial charge is 0.355 e. The summed E-state index contributed by atoms with van der Waals surface area (Å²) >= 11 is 0. The number of rotatable bonds is 8. The molecule has 0 aliphatic heterocycles. The van der Waals surface area contributed by atoms with Gasteiger partial charge in [-0.3, -0.25) is 4.79 Å². The third-order valence-electron chi connectivity index (χ3n) is 1.67. The van der Waals surface area contributed by atoms with Gasteiger partial charge in [-0.1, -0.05) is 6.92 Å². The molecule has 0 atom stereocenters. The minimum absolute atomic E-state index is 0.0745. The molecule has 0 radical (unpaired) electrons. The van der Waals surface area contributed by atoms with Crippen molar-refractivity contribution in [3.63, 3.8) is 0 Å². The molecule has 4 nitrogen and oxygen atoms in total. The van der Waals surface area contributed by atoms with Crippen LogP contribution in [0.2, 0.25) is 0 Å². The highest BCUT2D eigenvalue weighted by Gasteiger charge is 1.97. The Balaban J connectivity index is 3.11. The zero-order valence-electron chi connectivity index (χ0n) is 8.44. The highest BCUT2D eigenvalue weighted by Crippen LogP contribution is 1.81. The van der Waals surface area contributed by atoms with Crippen molar-refractivity contribution in [2.45, 2.75) is 26.2 Å². The normalized spacial score (nSPS) is 10.0. The Kier molecular flexibility index (Phi) is 9.03. The number of carbonyl (C=O) groups excluding carboxylic acids is 1. The molecule has 0 aliphatic rings. The molecule has 0 aromatic carbocycles. The molecular formula is C9H21N3O. The highest BCUT2D eigenvalue weighted by atomic mass is 16.1. The van der Waals surface area contributed by atoms with Crippen LogP contribution in [0.15, 0.2) is 0 Å². The smallest absolute Gasteiger partial charge is 0.233 e. The monoisotopic (exact) mass is 187 g/mol. The van der Waals surface area contributed by atoms with Gasteiger partial charge in [0.25, 0.3) is 0 Å². The van der Waals surface area contributed by atoms with E-state index >= 15 is 0 Å². The van der Waals surface area contributed by atoms with Crippen LogP contribution in [-0.4, -0.2) is 32.1 Å². The van der Waals surface area contributed by atoms with Crippen molar-refractivity contribution in [1.29, 1.82) is 0 Å². The summed E-state index contributed by atoms with van der Waals surface area (Å²) in [7, 11) is 0. The summed E-state index contributed by atoms with van der Waals surface area (Å²) in [5.74, 6) is 0.0745. The van der Waals surface area contributed by atoms with Gasteiger partial charge in [0.15, 0.2) is 0 Å². The number of amides is 1. The molecule has 0 spiro atoms. The average Bonchev–Trinajstić information content (AvgIpc) is 2.13. The third kappa shape index (κ3) is 9.30. The predicted molar refractivity (Wildman–Crippen MR) is 54.5 cm³/mol. The van der Waals surface area contributed by atoms with E-state index in [-0.39, 0.29) is 5.91 Å². The van der Waals surface area contributed by atoms with Crippen molar-refractivity contribution in [2.24, 2.45) is 5.73 Å². The number of hydrogen-bond acceptors (Lipinski definition) is 3. The van der Waals surface area contributed by atoms with Crippen molar-refractivity contribution >= 4 is 5.91 Å². The number of nitrogens with two attached hydrogens (primary N) is 1. The Morgan fingerprint density at radius 1 is 1.31 bits per heavy atom. The van der Waals surface area contributed by atoms with E-state index in [1.807, 2.05) is 0 Å². The van der Waals surface area contributed by atoms with Gasteiger partial charge >= 0.3 is 0 Å². The van der Waals surface area contributed by atoms with Crippen LogP contribution in [0.1, 0.15) is 26.2 Å². The van der Waals surface area contributed by atoms with Crippen molar-refractivity contribution in [1.82, 2.24) is 10.6 Å². The number of nitrogens with one attached hydrogen (secondary N) is 2. The molecule has 0 heterocycles. The molecule has 0 saturated heterocycles. The van der Waals surface area contributed by atoms with E-state index in [2.05, 4.69) is 17.6 Å². The number of unbranched alkanes of at least 4 members (excludes halogenated alkanes) is 1. The summed E-state index contributed by atoms with van der Waals surface area (Å²) in [6.07, 6.45) is 3.00. The van der Waals surface area contributed by atoms with Gasteiger partial charge in [0.05, 0.1) is 6.54 Å². The van der Waals surface area contributed by atoms with E-state index in [0.29, 0.717) is 13.1 Å². The lowest BCUT2D eigenvalue weighted by Gasteiger charge is -2.04. The highest BCUT2D eigenvalue weighted by molar-refractivity contribution is 5.77. The predicted octanol–water partition coefficient (Wildman–Crippen LogP) is -0.159. The molecule has 13 heavy (non-hydrogen) atoms.